The minimum absolute atomic E-state index is 0.549. The maximum atomic E-state index is 4.35. The standard InChI is InChI=1S/C26H22N2/c1-18-7-4-12-23(26(18)20-9-6-14-28-17-20)25-15-24(25)22-11-3-2-10-21(22)19-8-5-13-27-16-19/h2-14,16-17,24-25H,15H2,1H3. The summed E-state index contributed by atoms with van der Waals surface area (Å²) >= 11 is 0. The summed E-state index contributed by atoms with van der Waals surface area (Å²) in [6, 6.07) is 23.8. The number of aromatic nitrogens is 2. The molecule has 4 aromatic rings. The first-order valence-electron chi connectivity index (χ1n) is 9.82. The first kappa shape index (κ1) is 16.9. The second-order valence-electron chi connectivity index (χ2n) is 7.56. The Morgan fingerprint density at radius 2 is 1.36 bits per heavy atom. The zero-order valence-electron chi connectivity index (χ0n) is 15.9. The average Bonchev–Trinajstić information content (AvgIpc) is 3.55. The van der Waals surface area contributed by atoms with E-state index in [-0.39, 0.29) is 0 Å². The number of hydrogen-bond donors (Lipinski definition) is 0. The third kappa shape index (κ3) is 3.01. The Balaban J connectivity index is 1.55. The topological polar surface area (TPSA) is 25.8 Å². The molecular weight excluding hydrogens is 340 g/mol. The number of benzene rings is 2. The molecule has 2 atom stereocenters. The molecule has 0 radical (unpaired) electrons. The van der Waals surface area contributed by atoms with Crippen molar-refractivity contribution in [2.45, 2.75) is 25.2 Å². The molecule has 0 spiro atoms. The lowest BCUT2D eigenvalue weighted by molar-refractivity contribution is 1.03. The Hall–Kier alpha value is -3.26. The smallest absolute Gasteiger partial charge is 0.0346 e. The molecule has 0 aliphatic heterocycles. The maximum Gasteiger partial charge on any atom is 0.0346 e. The van der Waals surface area contributed by atoms with Crippen LogP contribution >= 0.6 is 0 Å². The zero-order valence-corrected chi connectivity index (χ0v) is 15.9. The van der Waals surface area contributed by atoms with Crippen LogP contribution in [-0.4, -0.2) is 9.97 Å². The molecule has 1 fully saturated rings. The number of rotatable bonds is 4. The molecule has 1 saturated carbocycles. The summed E-state index contributed by atoms with van der Waals surface area (Å²) in [5.74, 6) is 1.10. The van der Waals surface area contributed by atoms with E-state index in [1.54, 1.807) is 0 Å². The summed E-state index contributed by atoms with van der Waals surface area (Å²) in [4.78, 5) is 8.66. The van der Waals surface area contributed by atoms with E-state index in [2.05, 4.69) is 71.5 Å². The van der Waals surface area contributed by atoms with Crippen LogP contribution in [-0.2, 0) is 0 Å². The minimum atomic E-state index is 0.549. The summed E-state index contributed by atoms with van der Waals surface area (Å²) in [5.41, 5.74) is 9.25. The van der Waals surface area contributed by atoms with Gasteiger partial charge in [0, 0.05) is 35.9 Å². The molecule has 5 rings (SSSR count). The highest BCUT2D eigenvalue weighted by atomic mass is 14.6. The van der Waals surface area contributed by atoms with Gasteiger partial charge in [-0.2, -0.15) is 0 Å². The Labute approximate surface area is 165 Å². The summed E-state index contributed by atoms with van der Waals surface area (Å²) in [6.07, 6.45) is 8.80. The molecule has 2 aromatic carbocycles. The molecule has 2 heterocycles. The van der Waals surface area contributed by atoms with Crippen molar-refractivity contribution in [2.24, 2.45) is 0 Å². The van der Waals surface area contributed by atoms with Gasteiger partial charge >= 0.3 is 0 Å². The van der Waals surface area contributed by atoms with E-state index in [1.165, 1.54) is 45.4 Å². The van der Waals surface area contributed by atoms with Crippen LogP contribution < -0.4 is 0 Å². The first-order chi connectivity index (χ1) is 13.8. The van der Waals surface area contributed by atoms with Gasteiger partial charge in [0.25, 0.3) is 0 Å². The summed E-state index contributed by atoms with van der Waals surface area (Å²) in [6.45, 7) is 2.20. The minimum Gasteiger partial charge on any atom is -0.264 e. The van der Waals surface area contributed by atoms with E-state index < -0.39 is 0 Å². The van der Waals surface area contributed by atoms with Crippen molar-refractivity contribution in [1.29, 1.82) is 0 Å². The molecule has 28 heavy (non-hydrogen) atoms. The van der Waals surface area contributed by atoms with Crippen LogP contribution in [0.2, 0.25) is 0 Å². The van der Waals surface area contributed by atoms with Gasteiger partial charge in [0.2, 0.25) is 0 Å². The van der Waals surface area contributed by atoms with Crippen LogP contribution in [0, 0.1) is 6.92 Å². The predicted octanol–water partition coefficient (Wildman–Crippen LogP) is 6.39. The molecule has 2 nitrogen and oxygen atoms in total. The van der Waals surface area contributed by atoms with Crippen molar-refractivity contribution in [1.82, 2.24) is 9.97 Å². The van der Waals surface area contributed by atoms with Crippen molar-refractivity contribution in [3.05, 3.63) is 108 Å². The van der Waals surface area contributed by atoms with Gasteiger partial charge in [0.1, 0.15) is 0 Å². The van der Waals surface area contributed by atoms with E-state index in [0.29, 0.717) is 11.8 Å². The third-order valence-electron chi connectivity index (χ3n) is 5.78. The van der Waals surface area contributed by atoms with Crippen LogP contribution in [0.5, 0.6) is 0 Å². The Kier molecular flexibility index (Phi) is 4.25. The van der Waals surface area contributed by atoms with Crippen molar-refractivity contribution < 1.29 is 0 Å². The Morgan fingerprint density at radius 3 is 2.11 bits per heavy atom. The lowest BCUT2D eigenvalue weighted by Crippen LogP contribution is -1.94. The molecule has 0 N–H and O–H groups in total. The molecule has 1 aliphatic carbocycles. The van der Waals surface area contributed by atoms with Crippen molar-refractivity contribution in [2.75, 3.05) is 0 Å². The molecule has 136 valence electrons. The van der Waals surface area contributed by atoms with E-state index in [0.717, 1.165) is 0 Å². The molecule has 2 unspecified atom stereocenters. The number of hydrogen-bond acceptors (Lipinski definition) is 2. The maximum absolute atomic E-state index is 4.35. The van der Waals surface area contributed by atoms with Crippen molar-refractivity contribution >= 4 is 0 Å². The SMILES string of the molecule is Cc1cccc(C2CC2c2ccccc2-c2cccnc2)c1-c1cccnc1. The normalized spacial score (nSPS) is 18.0. The van der Waals surface area contributed by atoms with E-state index in [4.69, 9.17) is 0 Å². The van der Waals surface area contributed by atoms with Gasteiger partial charge in [-0.3, -0.25) is 9.97 Å². The van der Waals surface area contributed by atoms with Gasteiger partial charge in [-0.25, -0.2) is 0 Å². The van der Waals surface area contributed by atoms with Crippen molar-refractivity contribution in [3.8, 4) is 22.3 Å². The summed E-state index contributed by atoms with van der Waals surface area (Å²) in [7, 11) is 0. The fourth-order valence-corrected chi connectivity index (χ4v) is 4.39. The van der Waals surface area contributed by atoms with Gasteiger partial charge in [-0.05, 0) is 65.1 Å². The Bertz CT molecular complexity index is 1100. The van der Waals surface area contributed by atoms with Gasteiger partial charge in [0.15, 0.2) is 0 Å². The largest absolute Gasteiger partial charge is 0.264 e. The lowest BCUT2D eigenvalue weighted by Gasteiger charge is -2.14. The fraction of sp³-hybridized carbons (Fsp3) is 0.154. The summed E-state index contributed by atoms with van der Waals surface area (Å²) < 4.78 is 0. The van der Waals surface area contributed by atoms with Gasteiger partial charge in [-0.15, -0.1) is 0 Å². The van der Waals surface area contributed by atoms with E-state index in [9.17, 15) is 0 Å². The van der Waals surface area contributed by atoms with Crippen molar-refractivity contribution in [3.63, 3.8) is 0 Å². The molecule has 0 amide bonds. The average molecular weight is 362 g/mol. The number of nitrogens with zero attached hydrogens (tertiary/aromatic N) is 2. The highest BCUT2D eigenvalue weighted by Crippen LogP contribution is 2.58. The molecular formula is C26H22N2. The van der Waals surface area contributed by atoms with Gasteiger partial charge in [-0.1, -0.05) is 54.6 Å². The number of aryl methyl sites for hydroxylation is 1. The predicted molar refractivity (Wildman–Crippen MR) is 114 cm³/mol. The van der Waals surface area contributed by atoms with E-state index in [1.807, 2.05) is 36.9 Å². The quantitative estimate of drug-likeness (QED) is 0.420. The van der Waals surface area contributed by atoms with Crippen LogP contribution in [0.15, 0.2) is 91.5 Å². The van der Waals surface area contributed by atoms with Crippen LogP contribution in [0.25, 0.3) is 22.3 Å². The molecule has 0 saturated heterocycles. The molecule has 2 heteroatoms. The monoisotopic (exact) mass is 362 g/mol. The van der Waals surface area contributed by atoms with Gasteiger partial charge in [0.05, 0.1) is 0 Å². The second-order valence-corrected chi connectivity index (χ2v) is 7.56. The highest BCUT2D eigenvalue weighted by Gasteiger charge is 2.42. The highest BCUT2D eigenvalue weighted by molar-refractivity contribution is 5.73. The van der Waals surface area contributed by atoms with Crippen LogP contribution in [0.3, 0.4) is 0 Å². The zero-order chi connectivity index (χ0) is 18.9. The van der Waals surface area contributed by atoms with E-state index >= 15 is 0 Å². The summed E-state index contributed by atoms with van der Waals surface area (Å²) in [5, 5.41) is 0. The van der Waals surface area contributed by atoms with Crippen LogP contribution in [0.1, 0.15) is 34.9 Å². The molecule has 0 bridgehead atoms. The second kappa shape index (κ2) is 7.05. The molecule has 2 aromatic heterocycles. The lowest BCUT2D eigenvalue weighted by atomic mass is 9.90. The fourth-order valence-electron chi connectivity index (χ4n) is 4.39. The molecule has 1 aliphatic rings. The van der Waals surface area contributed by atoms with Gasteiger partial charge < -0.3 is 0 Å². The van der Waals surface area contributed by atoms with Crippen LogP contribution in [0.4, 0.5) is 0 Å². The Morgan fingerprint density at radius 1 is 0.679 bits per heavy atom. The number of pyridine rings is 2. The first-order valence-corrected chi connectivity index (χ1v) is 9.82. The third-order valence-corrected chi connectivity index (χ3v) is 5.78.